The minimum atomic E-state index is -4.51. The van der Waals surface area contributed by atoms with Gasteiger partial charge >= 0.3 is 6.18 Å². The standard InChI is InChI=1S/C16H20F3N5/c1-22(2)10-13(11-23(3)4)24-15(16(17,18)19)8-14(21-24)12-6-5-7-20-9-12/h5-10H,11H2,1-4H3. The molecule has 0 atom stereocenters. The Hall–Kier alpha value is -2.35. The van der Waals surface area contributed by atoms with Crippen molar-refractivity contribution in [3.8, 4) is 11.3 Å². The molecule has 0 bridgehead atoms. The Morgan fingerprint density at radius 3 is 2.46 bits per heavy atom. The van der Waals surface area contributed by atoms with Crippen molar-refractivity contribution in [3.05, 3.63) is 42.5 Å². The molecule has 0 aromatic carbocycles. The van der Waals surface area contributed by atoms with Crippen LogP contribution in [-0.4, -0.2) is 59.3 Å². The van der Waals surface area contributed by atoms with Crippen molar-refractivity contribution in [2.75, 3.05) is 34.7 Å². The molecule has 0 aliphatic carbocycles. The molecule has 2 aromatic rings. The van der Waals surface area contributed by atoms with Gasteiger partial charge in [0.25, 0.3) is 0 Å². The van der Waals surface area contributed by atoms with E-state index in [4.69, 9.17) is 0 Å². The molecule has 8 heteroatoms. The smallest absolute Gasteiger partial charge is 0.382 e. The van der Waals surface area contributed by atoms with Crippen LogP contribution in [0.2, 0.25) is 0 Å². The van der Waals surface area contributed by atoms with Crippen LogP contribution < -0.4 is 0 Å². The van der Waals surface area contributed by atoms with Crippen LogP contribution in [0.5, 0.6) is 0 Å². The third kappa shape index (κ3) is 4.35. The predicted molar refractivity (Wildman–Crippen MR) is 87.0 cm³/mol. The van der Waals surface area contributed by atoms with Gasteiger partial charge in [0.15, 0.2) is 0 Å². The summed E-state index contributed by atoms with van der Waals surface area (Å²) in [6, 6.07) is 4.40. The van der Waals surface area contributed by atoms with Gasteiger partial charge in [-0.15, -0.1) is 0 Å². The molecule has 2 aromatic heterocycles. The fourth-order valence-electron chi connectivity index (χ4n) is 2.24. The molecule has 130 valence electrons. The highest BCUT2D eigenvalue weighted by Gasteiger charge is 2.37. The molecule has 2 rings (SSSR count). The number of hydrogen-bond acceptors (Lipinski definition) is 4. The number of pyridine rings is 1. The van der Waals surface area contributed by atoms with Crippen LogP contribution in [0.15, 0.2) is 36.8 Å². The van der Waals surface area contributed by atoms with Crippen LogP contribution in [-0.2, 0) is 6.18 Å². The van der Waals surface area contributed by atoms with E-state index >= 15 is 0 Å². The predicted octanol–water partition coefficient (Wildman–Crippen LogP) is 2.89. The molecule has 0 spiro atoms. The van der Waals surface area contributed by atoms with E-state index in [0.29, 0.717) is 17.8 Å². The molecule has 24 heavy (non-hydrogen) atoms. The van der Waals surface area contributed by atoms with Crippen molar-refractivity contribution in [3.63, 3.8) is 0 Å². The van der Waals surface area contributed by atoms with Gasteiger partial charge in [-0.2, -0.15) is 18.3 Å². The molecule has 0 saturated carbocycles. The van der Waals surface area contributed by atoms with Gasteiger partial charge in [-0.25, -0.2) is 4.68 Å². The number of hydrogen-bond donors (Lipinski definition) is 0. The van der Waals surface area contributed by atoms with E-state index in [1.54, 1.807) is 62.5 Å². The van der Waals surface area contributed by atoms with Gasteiger partial charge in [0, 0.05) is 44.8 Å². The summed E-state index contributed by atoms with van der Waals surface area (Å²) in [5, 5.41) is 4.19. The number of aromatic nitrogens is 3. The molecule has 0 amide bonds. The Labute approximate surface area is 139 Å². The maximum absolute atomic E-state index is 13.5. The van der Waals surface area contributed by atoms with E-state index in [-0.39, 0.29) is 5.69 Å². The normalized spacial score (nSPS) is 12.8. The number of likely N-dealkylation sites (N-methyl/N-ethyl adjacent to an activating group) is 1. The third-order valence-electron chi connectivity index (χ3n) is 3.11. The van der Waals surface area contributed by atoms with Crippen molar-refractivity contribution < 1.29 is 13.2 Å². The highest BCUT2D eigenvalue weighted by atomic mass is 19.4. The Morgan fingerprint density at radius 1 is 1.25 bits per heavy atom. The fourth-order valence-corrected chi connectivity index (χ4v) is 2.24. The number of rotatable bonds is 5. The number of nitrogens with zero attached hydrogens (tertiary/aromatic N) is 5. The zero-order valence-corrected chi connectivity index (χ0v) is 14.0. The van der Waals surface area contributed by atoms with E-state index in [1.807, 2.05) is 0 Å². The van der Waals surface area contributed by atoms with Gasteiger partial charge in [0.1, 0.15) is 5.69 Å². The molecule has 0 N–H and O–H groups in total. The van der Waals surface area contributed by atoms with Crippen LogP contribution >= 0.6 is 0 Å². The molecule has 0 aliphatic rings. The Morgan fingerprint density at radius 2 is 1.96 bits per heavy atom. The average molecular weight is 339 g/mol. The maximum atomic E-state index is 13.5. The highest BCUT2D eigenvalue weighted by Crippen LogP contribution is 2.33. The van der Waals surface area contributed by atoms with Gasteiger partial charge in [-0.1, -0.05) is 0 Å². The summed E-state index contributed by atoms with van der Waals surface area (Å²) in [7, 11) is 7.10. The van der Waals surface area contributed by atoms with Gasteiger partial charge in [0.2, 0.25) is 0 Å². The molecule has 0 aliphatic heterocycles. The second-order valence-electron chi connectivity index (χ2n) is 5.89. The van der Waals surface area contributed by atoms with Crippen molar-refractivity contribution in [1.29, 1.82) is 0 Å². The molecule has 0 saturated heterocycles. The lowest BCUT2D eigenvalue weighted by Crippen LogP contribution is -2.23. The van der Waals surface area contributed by atoms with Crippen molar-refractivity contribution in [2.45, 2.75) is 6.18 Å². The van der Waals surface area contributed by atoms with Gasteiger partial charge in [0.05, 0.1) is 11.4 Å². The zero-order valence-electron chi connectivity index (χ0n) is 14.0. The van der Waals surface area contributed by atoms with Gasteiger partial charge in [-0.05, 0) is 32.3 Å². The van der Waals surface area contributed by atoms with Crippen molar-refractivity contribution >= 4 is 5.70 Å². The maximum Gasteiger partial charge on any atom is 0.433 e. The first-order valence-corrected chi connectivity index (χ1v) is 7.28. The van der Waals surface area contributed by atoms with Crippen molar-refractivity contribution in [1.82, 2.24) is 24.6 Å². The molecule has 0 fully saturated rings. The molecular weight excluding hydrogens is 319 g/mol. The first kappa shape index (κ1) is 18.0. The average Bonchev–Trinajstić information content (AvgIpc) is 2.92. The molecule has 2 heterocycles. The molecular formula is C16H20F3N5. The van der Waals surface area contributed by atoms with E-state index in [0.717, 1.165) is 10.7 Å². The van der Waals surface area contributed by atoms with Gasteiger partial charge < -0.3 is 9.80 Å². The van der Waals surface area contributed by atoms with E-state index in [9.17, 15) is 13.2 Å². The third-order valence-corrected chi connectivity index (χ3v) is 3.11. The second-order valence-corrected chi connectivity index (χ2v) is 5.89. The zero-order chi connectivity index (χ0) is 17.9. The minimum Gasteiger partial charge on any atom is -0.382 e. The monoisotopic (exact) mass is 339 g/mol. The summed E-state index contributed by atoms with van der Waals surface area (Å²) in [6.07, 6.45) is 0.184. The lowest BCUT2D eigenvalue weighted by Gasteiger charge is -2.19. The summed E-state index contributed by atoms with van der Waals surface area (Å²) in [5.74, 6) is 0. The Bertz CT molecular complexity index is 702. The first-order valence-electron chi connectivity index (χ1n) is 7.28. The topological polar surface area (TPSA) is 37.2 Å². The summed E-state index contributed by atoms with van der Waals surface area (Å²) >= 11 is 0. The fraction of sp³-hybridized carbons (Fsp3) is 0.375. The second kappa shape index (κ2) is 7.04. The van der Waals surface area contributed by atoms with E-state index in [2.05, 4.69) is 10.1 Å². The first-order chi connectivity index (χ1) is 11.2. The summed E-state index contributed by atoms with van der Waals surface area (Å²) < 4.78 is 41.4. The lowest BCUT2D eigenvalue weighted by atomic mass is 10.2. The Kier molecular flexibility index (Phi) is 5.28. The Balaban J connectivity index is 2.60. The van der Waals surface area contributed by atoms with Crippen molar-refractivity contribution in [2.24, 2.45) is 0 Å². The van der Waals surface area contributed by atoms with Crippen LogP contribution in [0.4, 0.5) is 13.2 Å². The molecule has 0 unspecified atom stereocenters. The van der Waals surface area contributed by atoms with E-state index in [1.165, 1.54) is 6.20 Å². The minimum absolute atomic E-state index is 0.235. The number of alkyl halides is 3. The molecule has 5 nitrogen and oxygen atoms in total. The van der Waals surface area contributed by atoms with Gasteiger partial charge in [-0.3, -0.25) is 4.98 Å². The molecule has 0 radical (unpaired) electrons. The highest BCUT2D eigenvalue weighted by molar-refractivity contribution is 5.60. The summed E-state index contributed by atoms with van der Waals surface area (Å²) in [5.41, 5.74) is 0.387. The largest absolute Gasteiger partial charge is 0.433 e. The number of halogens is 3. The van der Waals surface area contributed by atoms with Crippen LogP contribution in [0.25, 0.3) is 17.0 Å². The quantitative estimate of drug-likeness (QED) is 0.839. The van der Waals surface area contributed by atoms with E-state index < -0.39 is 11.9 Å². The summed E-state index contributed by atoms with van der Waals surface area (Å²) in [6.45, 7) is 0.315. The van der Waals surface area contributed by atoms with Crippen LogP contribution in [0.1, 0.15) is 5.69 Å². The lowest BCUT2D eigenvalue weighted by molar-refractivity contribution is -0.142. The van der Waals surface area contributed by atoms with Crippen LogP contribution in [0, 0.1) is 0 Å². The SMILES string of the molecule is CN(C)C=C(CN(C)C)n1nc(-c2cccnc2)cc1C(F)(F)F. The van der Waals surface area contributed by atoms with Crippen LogP contribution in [0.3, 0.4) is 0 Å². The summed E-state index contributed by atoms with van der Waals surface area (Å²) in [4.78, 5) is 7.43.